The first-order chi connectivity index (χ1) is 8.99. The second-order valence-corrected chi connectivity index (χ2v) is 5.21. The quantitative estimate of drug-likeness (QED) is 0.847. The van der Waals surface area contributed by atoms with Gasteiger partial charge in [-0.3, -0.25) is 0 Å². The van der Waals surface area contributed by atoms with Crippen LogP contribution in [0.2, 0.25) is 0 Å². The van der Waals surface area contributed by atoms with Crippen LogP contribution in [0.4, 0.5) is 13.2 Å². The van der Waals surface area contributed by atoms with Crippen molar-refractivity contribution in [1.29, 1.82) is 0 Å². The second-order valence-electron chi connectivity index (χ2n) is 5.21. The second kappa shape index (κ2) is 5.95. The molecule has 1 N–H and O–H groups in total. The molecule has 19 heavy (non-hydrogen) atoms. The zero-order valence-corrected chi connectivity index (χ0v) is 11.2. The van der Waals surface area contributed by atoms with Crippen LogP contribution in [0.5, 0.6) is 0 Å². The number of nitrogens with one attached hydrogen (secondary N) is 1. The van der Waals surface area contributed by atoms with Crippen LogP contribution in [0.3, 0.4) is 0 Å². The number of rotatable bonds is 5. The molecule has 1 aromatic carbocycles. The first kappa shape index (κ1) is 14.4. The third-order valence-corrected chi connectivity index (χ3v) is 3.60. The summed E-state index contributed by atoms with van der Waals surface area (Å²) < 4.78 is 38.0. The Kier molecular flexibility index (Phi) is 4.50. The highest BCUT2D eigenvalue weighted by Crippen LogP contribution is 2.32. The number of hydrogen-bond donors (Lipinski definition) is 1. The maximum absolute atomic E-state index is 12.7. The fourth-order valence-corrected chi connectivity index (χ4v) is 2.67. The van der Waals surface area contributed by atoms with Gasteiger partial charge in [-0.05, 0) is 48.9 Å². The molecule has 1 atom stereocenters. The molecule has 1 aliphatic carbocycles. The first-order valence-electron chi connectivity index (χ1n) is 6.91. The molecule has 1 aliphatic rings. The molecule has 0 saturated heterocycles. The largest absolute Gasteiger partial charge is 0.390 e. The molecule has 1 unspecified atom stereocenters. The summed E-state index contributed by atoms with van der Waals surface area (Å²) in [4.78, 5) is 0. The molecule has 0 heterocycles. The van der Waals surface area contributed by atoms with Crippen LogP contribution in [0, 0.1) is 0 Å². The third-order valence-electron chi connectivity index (χ3n) is 3.60. The van der Waals surface area contributed by atoms with Crippen LogP contribution in [0.15, 0.2) is 18.2 Å². The predicted molar refractivity (Wildman–Crippen MR) is 70.2 cm³/mol. The minimum Gasteiger partial charge on any atom is -0.310 e. The average Bonchev–Trinajstić information content (AvgIpc) is 2.80. The molecule has 1 aromatic rings. The fraction of sp³-hybridized carbons (Fsp3) is 0.600. The zero-order chi connectivity index (χ0) is 13.9. The van der Waals surface area contributed by atoms with Crippen molar-refractivity contribution in [3.63, 3.8) is 0 Å². The molecule has 106 valence electrons. The summed E-state index contributed by atoms with van der Waals surface area (Å²) in [5, 5.41) is 3.01. The highest BCUT2D eigenvalue weighted by molar-refractivity contribution is 5.36. The highest BCUT2D eigenvalue weighted by atomic mass is 19.4. The van der Waals surface area contributed by atoms with Gasteiger partial charge >= 0.3 is 6.18 Å². The molecule has 0 aliphatic heterocycles. The summed E-state index contributed by atoms with van der Waals surface area (Å²) >= 11 is 0. The zero-order valence-electron chi connectivity index (χ0n) is 11.2. The van der Waals surface area contributed by atoms with E-state index in [2.05, 4.69) is 5.32 Å². The van der Waals surface area contributed by atoms with E-state index < -0.39 is 18.6 Å². The molecular formula is C15H20F3N. The van der Waals surface area contributed by atoms with Crippen molar-refractivity contribution in [2.24, 2.45) is 0 Å². The van der Waals surface area contributed by atoms with Gasteiger partial charge in [0.25, 0.3) is 0 Å². The minimum atomic E-state index is -4.13. The Balaban J connectivity index is 2.17. The molecule has 0 bridgehead atoms. The van der Waals surface area contributed by atoms with Gasteiger partial charge in [-0.1, -0.05) is 25.1 Å². The van der Waals surface area contributed by atoms with Gasteiger partial charge in [0, 0.05) is 6.04 Å². The van der Waals surface area contributed by atoms with Crippen molar-refractivity contribution < 1.29 is 13.2 Å². The third kappa shape index (κ3) is 3.96. The molecule has 0 spiro atoms. The van der Waals surface area contributed by atoms with E-state index in [-0.39, 0.29) is 0 Å². The van der Waals surface area contributed by atoms with Crippen LogP contribution in [0.1, 0.15) is 48.9 Å². The Hall–Kier alpha value is -1.03. The van der Waals surface area contributed by atoms with Gasteiger partial charge in [-0.25, -0.2) is 0 Å². The van der Waals surface area contributed by atoms with E-state index in [4.69, 9.17) is 0 Å². The molecule has 0 radical (unpaired) electrons. The van der Waals surface area contributed by atoms with Crippen molar-refractivity contribution in [3.05, 3.63) is 34.9 Å². The van der Waals surface area contributed by atoms with Crippen molar-refractivity contribution in [3.8, 4) is 0 Å². The van der Waals surface area contributed by atoms with Gasteiger partial charge in [0.05, 0.1) is 6.42 Å². The minimum absolute atomic E-state index is 0.609. The summed E-state index contributed by atoms with van der Waals surface area (Å²) in [6, 6.07) is 5.19. The lowest BCUT2D eigenvalue weighted by molar-refractivity contribution is -0.140. The Morgan fingerprint density at radius 2 is 1.95 bits per heavy atom. The number of aryl methyl sites for hydroxylation is 2. The Morgan fingerprint density at radius 3 is 2.63 bits per heavy atom. The summed E-state index contributed by atoms with van der Waals surface area (Å²) in [6.07, 6.45) is -0.932. The SMILES string of the molecule is CCCNC(CC(F)(F)F)c1ccc2c(c1)CCC2. The Morgan fingerprint density at radius 1 is 1.21 bits per heavy atom. The highest BCUT2D eigenvalue weighted by Gasteiger charge is 2.32. The van der Waals surface area contributed by atoms with Gasteiger partial charge in [0.2, 0.25) is 0 Å². The molecule has 0 aromatic heterocycles. The fourth-order valence-electron chi connectivity index (χ4n) is 2.67. The van der Waals surface area contributed by atoms with Gasteiger partial charge in [0.15, 0.2) is 0 Å². The lowest BCUT2D eigenvalue weighted by Crippen LogP contribution is -2.27. The maximum atomic E-state index is 12.7. The molecule has 2 rings (SSSR count). The van der Waals surface area contributed by atoms with E-state index in [0.29, 0.717) is 6.54 Å². The number of benzene rings is 1. The molecule has 0 amide bonds. The van der Waals surface area contributed by atoms with Crippen LogP contribution in [0.25, 0.3) is 0 Å². The van der Waals surface area contributed by atoms with E-state index in [0.717, 1.165) is 31.2 Å². The van der Waals surface area contributed by atoms with Crippen LogP contribution in [-0.4, -0.2) is 12.7 Å². The predicted octanol–water partition coefficient (Wildman–Crippen LogP) is 4.17. The van der Waals surface area contributed by atoms with Crippen molar-refractivity contribution in [1.82, 2.24) is 5.32 Å². The summed E-state index contributed by atoms with van der Waals surface area (Å²) in [5.74, 6) is 0. The van der Waals surface area contributed by atoms with E-state index in [9.17, 15) is 13.2 Å². The van der Waals surface area contributed by atoms with Crippen molar-refractivity contribution in [2.75, 3.05) is 6.54 Å². The van der Waals surface area contributed by atoms with Crippen molar-refractivity contribution >= 4 is 0 Å². The van der Waals surface area contributed by atoms with Crippen molar-refractivity contribution in [2.45, 2.75) is 51.2 Å². The first-order valence-corrected chi connectivity index (χ1v) is 6.91. The molecule has 0 fully saturated rings. The molecular weight excluding hydrogens is 251 g/mol. The number of hydrogen-bond acceptors (Lipinski definition) is 1. The number of halogens is 3. The van der Waals surface area contributed by atoms with Crippen LogP contribution in [-0.2, 0) is 12.8 Å². The van der Waals surface area contributed by atoms with E-state index in [1.54, 1.807) is 0 Å². The molecule has 1 nitrogen and oxygen atoms in total. The van der Waals surface area contributed by atoms with E-state index in [1.165, 1.54) is 11.1 Å². The summed E-state index contributed by atoms with van der Waals surface area (Å²) in [7, 11) is 0. The van der Waals surface area contributed by atoms with Gasteiger partial charge in [0.1, 0.15) is 0 Å². The molecule has 0 saturated carbocycles. The van der Waals surface area contributed by atoms with Crippen LogP contribution >= 0.6 is 0 Å². The van der Waals surface area contributed by atoms with E-state index >= 15 is 0 Å². The van der Waals surface area contributed by atoms with Gasteiger partial charge < -0.3 is 5.32 Å². The number of alkyl halides is 3. The van der Waals surface area contributed by atoms with Gasteiger partial charge in [-0.15, -0.1) is 0 Å². The lowest BCUT2D eigenvalue weighted by Gasteiger charge is -2.21. The Bertz CT molecular complexity index is 426. The summed E-state index contributed by atoms with van der Waals surface area (Å²) in [6.45, 7) is 2.57. The lowest BCUT2D eigenvalue weighted by atomic mass is 9.98. The smallest absolute Gasteiger partial charge is 0.310 e. The van der Waals surface area contributed by atoms with Gasteiger partial charge in [-0.2, -0.15) is 13.2 Å². The average molecular weight is 271 g/mol. The topological polar surface area (TPSA) is 12.0 Å². The van der Waals surface area contributed by atoms with E-state index in [1.807, 2.05) is 25.1 Å². The number of fused-ring (bicyclic) bond motifs is 1. The molecule has 4 heteroatoms. The monoisotopic (exact) mass is 271 g/mol. The Labute approximate surface area is 112 Å². The standard InChI is InChI=1S/C15H20F3N/c1-2-8-19-14(10-15(16,17)18)13-7-6-11-4-3-5-12(11)9-13/h6-7,9,14,19H,2-5,8,10H2,1H3. The van der Waals surface area contributed by atoms with Crippen LogP contribution < -0.4 is 5.32 Å². The maximum Gasteiger partial charge on any atom is 0.390 e. The summed E-state index contributed by atoms with van der Waals surface area (Å²) in [5.41, 5.74) is 3.29. The normalized spacial score (nSPS) is 16.4.